The van der Waals surface area contributed by atoms with Crippen LogP contribution in [0.2, 0.25) is 0 Å². The minimum atomic E-state index is -0.667. The average molecular weight is 471 g/mol. The molecule has 9 heteroatoms. The van der Waals surface area contributed by atoms with E-state index in [0.29, 0.717) is 30.2 Å². The van der Waals surface area contributed by atoms with Gasteiger partial charge in [-0.15, -0.1) is 0 Å². The van der Waals surface area contributed by atoms with E-state index in [9.17, 15) is 19.2 Å². The Kier molecular flexibility index (Phi) is 8.29. The molecule has 1 unspecified atom stereocenters. The number of ether oxygens (including phenoxy) is 1. The molecule has 0 spiro atoms. The topological polar surface area (TPSA) is 117 Å². The molecule has 0 radical (unpaired) electrons. The number of rotatable bonds is 10. The molecule has 4 amide bonds. The molecule has 9 nitrogen and oxygen atoms in total. The van der Waals surface area contributed by atoms with Gasteiger partial charge < -0.3 is 20.3 Å². The van der Waals surface area contributed by atoms with E-state index in [1.807, 2.05) is 0 Å². The van der Waals surface area contributed by atoms with Crippen LogP contribution in [0, 0.1) is 0 Å². The van der Waals surface area contributed by atoms with Crippen molar-refractivity contribution in [1.82, 2.24) is 15.5 Å². The van der Waals surface area contributed by atoms with Crippen molar-refractivity contribution < 1.29 is 23.9 Å². The molecule has 3 heterocycles. The van der Waals surface area contributed by atoms with Crippen molar-refractivity contribution in [2.75, 3.05) is 25.0 Å². The van der Waals surface area contributed by atoms with Crippen molar-refractivity contribution in [3.63, 3.8) is 0 Å². The zero-order valence-electron chi connectivity index (χ0n) is 19.6. The van der Waals surface area contributed by atoms with E-state index < -0.39 is 11.9 Å². The van der Waals surface area contributed by atoms with E-state index in [2.05, 4.69) is 16.0 Å². The minimum absolute atomic E-state index is 0.0775. The standard InChI is InChI=1S/C25H34N4O5/c30-22(8-3-1-2-4-15-34-17-11-13-26-14-12-17)27-20-7-5-6-18-19(20)16-29(25(18)33)21-9-10-23(31)28-24(21)32/h5-7,17,21,26H,1-4,8-16H2,(H,27,30)(H,28,31,32). The molecule has 4 rings (SSSR count). The second kappa shape index (κ2) is 11.6. The van der Waals surface area contributed by atoms with E-state index in [4.69, 9.17) is 4.74 Å². The molecule has 2 fully saturated rings. The summed E-state index contributed by atoms with van der Waals surface area (Å²) >= 11 is 0. The number of hydrogen-bond acceptors (Lipinski definition) is 6. The van der Waals surface area contributed by atoms with Crippen LogP contribution in [0.3, 0.4) is 0 Å². The molecule has 1 aromatic carbocycles. The van der Waals surface area contributed by atoms with E-state index in [1.54, 1.807) is 18.2 Å². The summed E-state index contributed by atoms with van der Waals surface area (Å²) in [7, 11) is 0. The van der Waals surface area contributed by atoms with E-state index in [1.165, 1.54) is 4.90 Å². The third-order valence-electron chi connectivity index (χ3n) is 6.79. The molecule has 34 heavy (non-hydrogen) atoms. The molecule has 1 aromatic rings. The van der Waals surface area contributed by atoms with Crippen LogP contribution >= 0.6 is 0 Å². The van der Waals surface area contributed by atoms with Crippen LogP contribution in [0.4, 0.5) is 5.69 Å². The number of hydrogen-bond donors (Lipinski definition) is 3. The summed E-state index contributed by atoms with van der Waals surface area (Å²) in [5, 5.41) is 8.59. The first kappa shape index (κ1) is 24.3. The monoisotopic (exact) mass is 470 g/mol. The normalized spacial score (nSPS) is 20.9. The molecule has 3 N–H and O–H groups in total. The Hall–Kier alpha value is -2.78. The number of imide groups is 1. The van der Waals surface area contributed by atoms with Gasteiger partial charge in [0.15, 0.2) is 0 Å². The summed E-state index contributed by atoms with van der Waals surface area (Å²) in [5.74, 6) is -1.07. The fraction of sp³-hybridized carbons (Fsp3) is 0.600. The number of piperidine rings is 2. The fourth-order valence-corrected chi connectivity index (χ4v) is 4.87. The van der Waals surface area contributed by atoms with Gasteiger partial charge in [0.1, 0.15) is 6.04 Å². The summed E-state index contributed by atoms with van der Waals surface area (Å²) in [6.45, 7) is 3.10. The summed E-state index contributed by atoms with van der Waals surface area (Å²) in [6, 6.07) is 4.57. The molecular formula is C25H34N4O5. The van der Waals surface area contributed by atoms with Crippen molar-refractivity contribution in [2.24, 2.45) is 0 Å². The van der Waals surface area contributed by atoms with Crippen LogP contribution in [0.25, 0.3) is 0 Å². The average Bonchev–Trinajstić information content (AvgIpc) is 3.16. The van der Waals surface area contributed by atoms with Crippen LogP contribution in [0.1, 0.15) is 73.7 Å². The molecule has 0 aliphatic carbocycles. The van der Waals surface area contributed by atoms with Gasteiger partial charge in [0.25, 0.3) is 5.91 Å². The summed E-state index contributed by atoms with van der Waals surface area (Å²) in [6.07, 6.45) is 7.32. The highest BCUT2D eigenvalue weighted by atomic mass is 16.5. The number of amides is 4. The molecular weight excluding hydrogens is 436 g/mol. The van der Waals surface area contributed by atoms with Gasteiger partial charge in [-0.1, -0.05) is 18.9 Å². The largest absolute Gasteiger partial charge is 0.378 e. The molecule has 0 saturated carbocycles. The van der Waals surface area contributed by atoms with Gasteiger partial charge in [-0.3, -0.25) is 24.5 Å². The maximum absolute atomic E-state index is 12.9. The Morgan fingerprint density at radius 3 is 2.65 bits per heavy atom. The predicted octanol–water partition coefficient (Wildman–Crippen LogP) is 2.11. The Labute approximate surface area is 200 Å². The second-order valence-electron chi connectivity index (χ2n) is 9.26. The number of unbranched alkanes of at least 4 members (excludes halogenated alkanes) is 3. The van der Waals surface area contributed by atoms with E-state index in [0.717, 1.165) is 63.8 Å². The first-order valence-corrected chi connectivity index (χ1v) is 12.4. The van der Waals surface area contributed by atoms with Crippen molar-refractivity contribution >= 4 is 29.3 Å². The lowest BCUT2D eigenvalue weighted by Crippen LogP contribution is -2.52. The predicted molar refractivity (Wildman–Crippen MR) is 126 cm³/mol. The molecule has 3 aliphatic heterocycles. The maximum atomic E-state index is 12.9. The Morgan fingerprint density at radius 1 is 1.06 bits per heavy atom. The van der Waals surface area contributed by atoms with Gasteiger partial charge in [0.05, 0.1) is 6.10 Å². The van der Waals surface area contributed by atoms with Crippen LogP contribution in [-0.2, 0) is 25.7 Å². The molecule has 0 aromatic heterocycles. The van der Waals surface area contributed by atoms with Gasteiger partial charge in [0, 0.05) is 42.8 Å². The summed E-state index contributed by atoms with van der Waals surface area (Å²) in [4.78, 5) is 50.6. The van der Waals surface area contributed by atoms with Crippen molar-refractivity contribution in [2.45, 2.75) is 76.5 Å². The highest BCUT2D eigenvalue weighted by molar-refractivity contribution is 6.06. The lowest BCUT2D eigenvalue weighted by molar-refractivity contribution is -0.137. The SMILES string of the molecule is O=C1CCC(N2Cc3c(NC(=O)CCCCCCOC4CCNCC4)cccc3C2=O)C(=O)N1. The van der Waals surface area contributed by atoms with Crippen molar-refractivity contribution in [1.29, 1.82) is 0 Å². The van der Waals surface area contributed by atoms with Crippen molar-refractivity contribution in [3.8, 4) is 0 Å². The molecule has 0 bridgehead atoms. The number of carbonyl (C=O) groups excluding carboxylic acids is 4. The van der Waals surface area contributed by atoms with Gasteiger partial charge >= 0.3 is 0 Å². The zero-order chi connectivity index (χ0) is 23.9. The highest BCUT2D eigenvalue weighted by Gasteiger charge is 2.39. The van der Waals surface area contributed by atoms with Gasteiger partial charge in [0.2, 0.25) is 17.7 Å². The number of anilines is 1. The van der Waals surface area contributed by atoms with Crippen LogP contribution in [-0.4, -0.2) is 60.4 Å². The number of fused-ring (bicyclic) bond motifs is 1. The Bertz CT molecular complexity index is 928. The van der Waals surface area contributed by atoms with E-state index in [-0.39, 0.29) is 30.7 Å². The number of nitrogens with zero attached hydrogens (tertiary/aromatic N) is 1. The number of carbonyl (C=O) groups is 4. The van der Waals surface area contributed by atoms with Crippen LogP contribution in [0.15, 0.2) is 18.2 Å². The molecule has 2 saturated heterocycles. The minimum Gasteiger partial charge on any atom is -0.378 e. The van der Waals surface area contributed by atoms with Crippen LogP contribution < -0.4 is 16.0 Å². The van der Waals surface area contributed by atoms with E-state index >= 15 is 0 Å². The lowest BCUT2D eigenvalue weighted by atomic mass is 10.0. The quantitative estimate of drug-likeness (QED) is 0.356. The zero-order valence-corrected chi connectivity index (χ0v) is 19.6. The second-order valence-corrected chi connectivity index (χ2v) is 9.26. The number of benzene rings is 1. The van der Waals surface area contributed by atoms with Crippen molar-refractivity contribution in [3.05, 3.63) is 29.3 Å². The smallest absolute Gasteiger partial charge is 0.255 e. The Morgan fingerprint density at radius 2 is 1.85 bits per heavy atom. The first-order chi connectivity index (χ1) is 16.5. The van der Waals surface area contributed by atoms with Gasteiger partial charge in [-0.05, 0) is 57.3 Å². The highest BCUT2D eigenvalue weighted by Crippen LogP contribution is 2.32. The molecule has 3 aliphatic rings. The maximum Gasteiger partial charge on any atom is 0.255 e. The molecule has 1 atom stereocenters. The summed E-state index contributed by atoms with van der Waals surface area (Å²) < 4.78 is 5.91. The first-order valence-electron chi connectivity index (χ1n) is 12.4. The Balaban J connectivity index is 1.20. The fourth-order valence-electron chi connectivity index (χ4n) is 4.87. The number of nitrogens with one attached hydrogen (secondary N) is 3. The third kappa shape index (κ3) is 6.01. The third-order valence-corrected chi connectivity index (χ3v) is 6.79. The van der Waals surface area contributed by atoms with Crippen LogP contribution in [0.5, 0.6) is 0 Å². The molecule has 184 valence electrons. The summed E-state index contributed by atoms with van der Waals surface area (Å²) in [5.41, 5.74) is 1.83. The lowest BCUT2D eigenvalue weighted by Gasteiger charge is -2.29. The van der Waals surface area contributed by atoms with Gasteiger partial charge in [-0.25, -0.2) is 0 Å². The van der Waals surface area contributed by atoms with Gasteiger partial charge in [-0.2, -0.15) is 0 Å².